The number of pyridine rings is 1. The molecule has 0 saturated heterocycles. The van der Waals surface area contributed by atoms with Gasteiger partial charge in [-0.25, -0.2) is 9.78 Å². The number of amides is 1. The van der Waals surface area contributed by atoms with E-state index in [0.29, 0.717) is 16.5 Å². The number of ether oxygens (including phenoxy) is 1. The van der Waals surface area contributed by atoms with Gasteiger partial charge in [0.1, 0.15) is 10.6 Å². The second-order valence-electron chi connectivity index (χ2n) is 10.2. The predicted molar refractivity (Wildman–Crippen MR) is 149 cm³/mol. The monoisotopic (exact) mass is 515 g/mol. The van der Waals surface area contributed by atoms with Gasteiger partial charge in [0, 0.05) is 34.8 Å². The molecule has 0 N–H and O–H groups in total. The molecule has 1 aliphatic carbocycles. The van der Waals surface area contributed by atoms with Gasteiger partial charge in [0.25, 0.3) is 0 Å². The average Bonchev–Trinajstić information content (AvgIpc) is 3.54. The van der Waals surface area contributed by atoms with Crippen LogP contribution in [0.3, 0.4) is 0 Å². The fourth-order valence-electron chi connectivity index (χ4n) is 5.13. The zero-order valence-electron chi connectivity index (χ0n) is 21.8. The Morgan fingerprint density at radius 1 is 1.05 bits per heavy atom. The molecule has 0 radical (unpaired) electrons. The van der Waals surface area contributed by atoms with E-state index < -0.39 is 5.97 Å². The van der Waals surface area contributed by atoms with Crippen molar-refractivity contribution in [1.29, 1.82) is 0 Å². The first-order chi connectivity index (χ1) is 17.9. The quantitative estimate of drug-likeness (QED) is 0.257. The summed E-state index contributed by atoms with van der Waals surface area (Å²) in [4.78, 5) is 34.0. The van der Waals surface area contributed by atoms with Crippen LogP contribution in [0.1, 0.15) is 56.8 Å². The topological polar surface area (TPSA) is 63.9 Å². The number of hydrogen-bond acceptors (Lipinski definition) is 5. The van der Waals surface area contributed by atoms with Crippen LogP contribution in [0.4, 0.5) is 5.00 Å². The Morgan fingerprint density at radius 2 is 1.76 bits per heavy atom. The third-order valence-corrected chi connectivity index (χ3v) is 8.47. The Labute approximate surface area is 221 Å². The summed E-state index contributed by atoms with van der Waals surface area (Å²) in [6.07, 6.45) is 7.94. The van der Waals surface area contributed by atoms with E-state index in [9.17, 15) is 9.59 Å². The van der Waals surface area contributed by atoms with E-state index in [2.05, 4.69) is 6.92 Å². The molecule has 1 amide bonds. The minimum atomic E-state index is -0.422. The minimum absolute atomic E-state index is 0.000593. The second kappa shape index (κ2) is 10.5. The maximum absolute atomic E-state index is 13.7. The van der Waals surface area contributed by atoms with Crippen molar-refractivity contribution in [2.45, 2.75) is 52.5 Å². The molecule has 3 aromatic heterocycles. The highest BCUT2D eigenvalue weighted by molar-refractivity contribution is 7.20. The van der Waals surface area contributed by atoms with Crippen LogP contribution in [0.15, 0.2) is 60.9 Å². The van der Waals surface area contributed by atoms with Crippen molar-refractivity contribution in [3.05, 3.63) is 66.5 Å². The Balaban J connectivity index is 1.48. The summed E-state index contributed by atoms with van der Waals surface area (Å²) in [6.45, 7) is 6.27. The summed E-state index contributed by atoms with van der Waals surface area (Å²) in [5, 5.41) is 0.671. The summed E-state index contributed by atoms with van der Waals surface area (Å²) in [7, 11) is 1.39. The normalized spacial score (nSPS) is 17.8. The molecule has 0 bridgehead atoms. The van der Waals surface area contributed by atoms with Crippen molar-refractivity contribution in [3.63, 3.8) is 0 Å². The third-order valence-electron chi connectivity index (χ3n) is 7.28. The molecule has 1 saturated carbocycles. The van der Waals surface area contributed by atoms with Crippen LogP contribution in [0, 0.1) is 11.8 Å². The van der Waals surface area contributed by atoms with Crippen molar-refractivity contribution in [2.75, 3.05) is 12.0 Å². The van der Waals surface area contributed by atoms with Gasteiger partial charge in [-0.15, -0.1) is 11.3 Å². The standard InChI is InChI=1S/C30H33N3O3S/c1-19(2)33(28(34)23-10-8-20(3)9-11-23)29-24(30(35)36-4)17-26(37-29)22-14-12-21(13-15-22)25-18-32-16-6-5-7-27(32)31-25/h5-7,12-20,23H,8-11H2,1-4H3. The lowest BCUT2D eigenvalue weighted by Crippen LogP contribution is -2.42. The van der Waals surface area contributed by atoms with Gasteiger partial charge < -0.3 is 14.0 Å². The van der Waals surface area contributed by atoms with Crippen molar-refractivity contribution in [2.24, 2.45) is 11.8 Å². The van der Waals surface area contributed by atoms with Crippen LogP contribution in [-0.2, 0) is 9.53 Å². The van der Waals surface area contributed by atoms with Crippen LogP contribution in [0.25, 0.3) is 27.3 Å². The van der Waals surface area contributed by atoms with Gasteiger partial charge in [0.2, 0.25) is 5.91 Å². The van der Waals surface area contributed by atoms with Crippen molar-refractivity contribution < 1.29 is 14.3 Å². The molecule has 3 heterocycles. The molecule has 192 valence electrons. The fourth-order valence-corrected chi connectivity index (χ4v) is 6.42. The fraction of sp³-hybridized carbons (Fsp3) is 0.367. The smallest absolute Gasteiger partial charge is 0.340 e. The van der Waals surface area contributed by atoms with Gasteiger partial charge >= 0.3 is 5.97 Å². The number of carbonyl (C=O) groups excluding carboxylic acids is 2. The molecule has 0 spiro atoms. The lowest BCUT2D eigenvalue weighted by atomic mass is 9.82. The highest BCUT2D eigenvalue weighted by atomic mass is 32.1. The van der Waals surface area contributed by atoms with E-state index in [1.54, 1.807) is 0 Å². The Kier molecular flexibility index (Phi) is 7.15. The van der Waals surface area contributed by atoms with Gasteiger partial charge in [-0.2, -0.15) is 0 Å². The van der Waals surface area contributed by atoms with E-state index in [0.717, 1.165) is 53.0 Å². The van der Waals surface area contributed by atoms with Crippen LogP contribution >= 0.6 is 11.3 Å². The Hall–Kier alpha value is -3.45. The molecule has 6 nitrogen and oxygen atoms in total. The van der Waals surface area contributed by atoms with Crippen LogP contribution < -0.4 is 4.90 Å². The van der Waals surface area contributed by atoms with E-state index in [1.807, 2.05) is 84.1 Å². The summed E-state index contributed by atoms with van der Waals surface area (Å²) >= 11 is 1.48. The third kappa shape index (κ3) is 5.05. The number of nitrogens with zero attached hydrogens (tertiary/aromatic N) is 3. The van der Waals surface area contributed by atoms with Gasteiger partial charge in [0.15, 0.2) is 0 Å². The number of methoxy groups -OCH3 is 1. The molecular formula is C30H33N3O3S. The van der Waals surface area contributed by atoms with Gasteiger partial charge in [-0.1, -0.05) is 37.3 Å². The number of carbonyl (C=O) groups is 2. The lowest BCUT2D eigenvalue weighted by molar-refractivity contribution is -0.123. The van der Waals surface area contributed by atoms with E-state index >= 15 is 0 Å². The van der Waals surface area contributed by atoms with Crippen LogP contribution in [0.2, 0.25) is 0 Å². The number of rotatable bonds is 6. The second-order valence-corrected chi connectivity index (χ2v) is 11.3. The number of anilines is 1. The summed E-state index contributed by atoms with van der Waals surface area (Å²) < 4.78 is 7.12. The average molecular weight is 516 g/mol. The van der Waals surface area contributed by atoms with Gasteiger partial charge in [-0.3, -0.25) is 4.79 Å². The van der Waals surface area contributed by atoms with E-state index in [-0.39, 0.29) is 17.9 Å². The maximum Gasteiger partial charge on any atom is 0.340 e. The zero-order valence-corrected chi connectivity index (χ0v) is 22.6. The van der Waals surface area contributed by atoms with E-state index in [1.165, 1.54) is 18.4 Å². The number of benzene rings is 1. The largest absolute Gasteiger partial charge is 0.465 e. The highest BCUT2D eigenvalue weighted by Crippen LogP contribution is 2.41. The molecule has 1 fully saturated rings. The SMILES string of the molecule is COC(=O)c1cc(-c2ccc(-c3cn4ccccc4n3)cc2)sc1N(C(=O)C1CCC(C)CC1)C(C)C. The number of thiophene rings is 1. The van der Waals surface area contributed by atoms with Crippen molar-refractivity contribution >= 4 is 33.9 Å². The van der Waals surface area contributed by atoms with E-state index in [4.69, 9.17) is 9.72 Å². The maximum atomic E-state index is 13.7. The highest BCUT2D eigenvalue weighted by Gasteiger charge is 2.34. The van der Waals surface area contributed by atoms with Gasteiger partial charge in [-0.05, 0) is 69.2 Å². The van der Waals surface area contributed by atoms with Crippen LogP contribution in [0.5, 0.6) is 0 Å². The molecule has 37 heavy (non-hydrogen) atoms. The van der Waals surface area contributed by atoms with Crippen molar-refractivity contribution in [3.8, 4) is 21.7 Å². The molecule has 5 rings (SSSR count). The summed E-state index contributed by atoms with van der Waals surface area (Å²) in [5.41, 5.74) is 4.24. The number of imidazole rings is 1. The molecule has 7 heteroatoms. The molecular weight excluding hydrogens is 482 g/mol. The molecule has 0 aliphatic heterocycles. The first-order valence-electron chi connectivity index (χ1n) is 13.0. The summed E-state index contributed by atoms with van der Waals surface area (Å²) in [5.74, 6) is 0.357. The van der Waals surface area contributed by atoms with Crippen LogP contribution in [-0.4, -0.2) is 34.4 Å². The molecule has 0 atom stereocenters. The van der Waals surface area contributed by atoms with Crippen molar-refractivity contribution in [1.82, 2.24) is 9.38 Å². The lowest BCUT2D eigenvalue weighted by Gasteiger charge is -2.33. The molecule has 1 aromatic carbocycles. The first kappa shape index (κ1) is 25.2. The Bertz CT molecular complexity index is 1380. The minimum Gasteiger partial charge on any atom is -0.465 e. The number of esters is 1. The zero-order chi connectivity index (χ0) is 26.1. The molecule has 4 aromatic rings. The first-order valence-corrected chi connectivity index (χ1v) is 13.8. The summed E-state index contributed by atoms with van der Waals surface area (Å²) in [6, 6.07) is 15.9. The molecule has 0 unspecified atom stereocenters. The number of fused-ring (bicyclic) bond motifs is 1. The number of hydrogen-bond donors (Lipinski definition) is 0. The predicted octanol–water partition coefficient (Wildman–Crippen LogP) is 7.08. The Morgan fingerprint density at radius 3 is 2.41 bits per heavy atom. The molecule has 1 aliphatic rings. The number of aromatic nitrogens is 2. The van der Waals surface area contributed by atoms with Gasteiger partial charge in [0.05, 0.1) is 18.4 Å².